The van der Waals surface area contributed by atoms with Crippen molar-refractivity contribution in [3.63, 3.8) is 0 Å². The first-order chi connectivity index (χ1) is 4.65. The number of primary amides is 1. The molecular formula is C6H12N2OS. The van der Waals surface area contributed by atoms with Gasteiger partial charge < -0.3 is 11.5 Å². The molecule has 1 unspecified atom stereocenters. The summed E-state index contributed by atoms with van der Waals surface area (Å²) < 4.78 is 0. The van der Waals surface area contributed by atoms with Crippen LogP contribution in [0.5, 0.6) is 0 Å². The van der Waals surface area contributed by atoms with Gasteiger partial charge in [0.05, 0.1) is 0 Å². The van der Waals surface area contributed by atoms with Crippen LogP contribution in [-0.2, 0) is 4.79 Å². The van der Waals surface area contributed by atoms with Gasteiger partial charge in [-0.2, -0.15) is 11.8 Å². The zero-order valence-corrected chi connectivity index (χ0v) is 6.62. The van der Waals surface area contributed by atoms with Crippen LogP contribution in [0.15, 0.2) is 0 Å². The molecule has 1 fully saturated rings. The molecule has 0 aromatic rings. The smallest absolute Gasteiger partial charge is 0.238 e. The Hall–Kier alpha value is -0.220. The van der Waals surface area contributed by atoms with Gasteiger partial charge in [0.15, 0.2) is 0 Å². The fourth-order valence-electron chi connectivity index (χ4n) is 1.01. The summed E-state index contributed by atoms with van der Waals surface area (Å²) in [5.74, 6) is 1.42. The Bertz CT molecular complexity index is 143. The maximum absolute atomic E-state index is 10.8. The van der Waals surface area contributed by atoms with Gasteiger partial charge in [-0.3, -0.25) is 4.79 Å². The first-order valence-corrected chi connectivity index (χ1v) is 4.47. The number of amides is 1. The molecule has 0 bridgehead atoms. The highest BCUT2D eigenvalue weighted by Crippen LogP contribution is 2.23. The highest BCUT2D eigenvalue weighted by atomic mass is 32.2. The third kappa shape index (κ3) is 1.44. The van der Waals surface area contributed by atoms with E-state index in [0.29, 0.717) is 5.75 Å². The van der Waals surface area contributed by atoms with Crippen LogP contribution in [0.4, 0.5) is 0 Å². The SMILES string of the molecule is NC(=O)C1(N)CCCSC1. The van der Waals surface area contributed by atoms with Crippen LogP contribution < -0.4 is 11.5 Å². The quantitative estimate of drug-likeness (QED) is 0.553. The van der Waals surface area contributed by atoms with Crippen molar-refractivity contribution in [3.05, 3.63) is 0 Å². The Morgan fingerprint density at radius 3 is 2.60 bits per heavy atom. The van der Waals surface area contributed by atoms with Crippen LogP contribution in [0.3, 0.4) is 0 Å². The van der Waals surface area contributed by atoms with Crippen molar-refractivity contribution in [1.29, 1.82) is 0 Å². The summed E-state index contributed by atoms with van der Waals surface area (Å²) in [7, 11) is 0. The molecular weight excluding hydrogens is 148 g/mol. The number of hydrogen-bond acceptors (Lipinski definition) is 3. The molecule has 1 saturated heterocycles. The molecule has 1 aliphatic heterocycles. The molecule has 1 rings (SSSR count). The van der Waals surface area contributed by atoms with Gasteiger partial charge in [0.2, 0.25) is 5.91 Å². The molecule has 3 nitrogen and oxygen atoms in total. The van der Waals surface area contributed by atoms with Gasteiger partial charge in [-0.25, -0.2) is 0 Å². The summed E-state index contributed by atoms with van der Waals surface area (Å²) in [6.07, 6.45) is 1.75. The van der Waals surface area contributed by atoms with Gasteiger partial charge >= 0.3 is 0 Å². The Labute approximate surface area is 64.5 Å². The molecule has 0 aliphatic carbocycles. The van der Waals surface area contributed by atoms with E-state index >= 15 is 0 Å². The molecule has 0 radical (unpaired) electrons. The minimum atomic E-state index is -0.719. The van der Waals surface area contributed by atoms with E-state index in [1.165, 1.54) is 0 Å². The van der Waals surface area contributed by atoms with Gasteiger partial charge in [0, 0.05) is 5.75 Å². The molecule has 58 valence electrons. The lowest BCUT2D eigenvalue weighted by Crippen LogP contribution is -2.55. The molecule has 0 spiro atoms. The number of rotatable bonds is 1. The second-order valence-electron chi connectivity index (χ2n) is 2.68. The maximum Gasteiger partial charge on any atom is 0.238 e. The van der Waals surface area contributed by atoms with Crippen LogP contribution in [0.2, 0.25) is 0 Å². The zero-order valence-electron chi connectivity index (χ0n) is 5.80. The zero-order chi connectivity index (χ0) is 7.61. The monoisotopic (exact) mass is 160 g/mol. The first kappa shape index (κ1) is 7.88. The normalized spacial score (nSPS) is 33.7. The third-order valence-corrected chi connectivity index (χ3v) is 3.06. The number of nitrogens with two attached hydrogens (primary N) is 2. The molecule has 0 aromatic heterocycles. The van der Waals surface area contributed by atoms with E-state index in [2.05, 4.69) is 0 Å². The number of carbonyl (C=O) groups excluding carboxylic acids is 1. The Morgan fingerprint density at radius 2 is 2.30 bits per heavy atom. The molecule has 1 aliphatic rings. The molecule has 0 aromatic carbocycles. The van der Waals surface area contributed by atoms with Crippen molar-refractivity contribution in [2.75, 3.05) is 11.5 Å². The maximum atomic E-state index is 10.8. The lowest BCUT2D eigenvalue weighted by Gasteiger charge is -2.29. The Morgan fingerprint density at radius 1 is 1.60 bits per heavy atom. The van der Waals surface area contributed by atoms with Crippen molar-refractivity contribution < 1.29 is 4.79 Å². The van der Waals surface area contributed by atoms with Gasteiger partial charge in [-0.15, -0.1) is 0 Å². The van der Waals surface area contributed by atoms with E-state index in [4.69, 9.17) is 11.5 Å². The second-order valence-corrected chi connectivity index (χ2v) is 3.78. The fourth-order valence-corrected chi connectivity index (χ4v) is 2.15. The molecule has 0 saturated carbocycles. The lowest BCUT2D eigenvalue weighted by atomic mass is 9.96. The van der Waals surface area contributed by atoms with Crippen molar-refractivity contribution in [1.82, 2.24) is 0 Å². The average Bonchev–Trinajstić information content (AvgIpc) is 1.89. The van der Waals surface area contributed by atoms with Crippen LogP contribution in [0.25, 0.3) is 0 Å². The van der Waals surface area contributed by atoms with E-state index in [9.17, 15) is 4.79 Å². The standard InChI is InChI=1S/C6H12N2OS/c7-5(9)6(8)2-1-3-10-4-6/h1-4,8H2,(H2,7,9). The summed E-state index contributed by atoms with van der Waals surface area (Å²) in [6, 6.07) is 0. The van der Waals surface area contributed by atoms with E-state index in [0.717, 1.165) is 18.6 Å². The van der Waals surface area contributed by atoms with Crippen molar-refractivity contribution in [2.45, 2.75) is 18.4 Å². The van der Waals surface area contributed by atoms with Crippen molar-refractivity contribution >= 4 is 17.7 Å². The van der Waals surface area contributed by atoms with E-state index < -0.39 is 5.54 Å². The molecule has 4 heteroatoms. The van der Waals surface area contributed by atoms with E-state index in [1.54, 1.807) is 11.8 Å². The average molecular weight is 160 g/mol. The van der Waals surface area contributed by atoms with Crippen LogP contribution in [0.1, 0.15) is 12.8 Å². The Balaban J connectivity index is 2.56. The van der Waals surface area contributed by atoms with Gasteiger partial charge in [-0.05, 0) is 18.6 Å². The van der Waals surface area contributed by atoms with Gasteiger partial charge in [0.1, 0.15) is 5.54 Å². The number of thioether (sulfide) groups is 1. The largest absolute Gasteiger partial charge is 0.368 e. The van der Waals surface area contributed by atoms with Crippen LogP contribution in [0, 0.1) is 0 Å². The van der Waals surface area contributed by atoms with Crippen molar-refractivity contribution in [3.8, 4) is 0 Å². The molecule has 1 atom stereocenters. The third-order valence-electron chi connectivity index (χ3n) is 1.76. The minimum Gasteiger partial charge on any atom is -0.368 e. The predicted molar refractivity (Wildman–Crippen MR) is 42.7 cm³/mol. The molecule has 10 heavy (non-hydrogen) atoms. The first-order valence-electron chi connectivity index (χ1n) is 3.32. The topological polar surface area (TPSA) is 69.1 Å². The highest BCUT2D eigenvalue weighted by Gasteiger charge is 2.33. The number of hydrogen-bond donors (Lipinski definition) is 2. The van der Waals surface area contributed by atoms with Gasteiger partial charge in [-0.1, -0.05) is 0 Å². The van der Waals surface area contributed by atoms with E-state index in [-0.39, 0.29) is 5.91 Å². The number of carbonyl (C=O) groups is 1. The highest BCUT2D eigenvalue weighted by molar-refractivity contribution is 7.99. The second kappa shape index (κ2) is 2.80. The molecule has 1 amide bonds. The van der Waals surface area contributed by atoms with Crippen LogP contribution >= 0.6 is 11.8 Å². The predicted octanol–water partition coefficient (Wildman–Crippen LogP) is -0.304. The van der Waals surface area contributed by atoms with Crippen molar-refractivity contribution in [2.24, 2.45) is 11.5 Å². The summed E-state index contributed by atoms with van der Waals surface area (Å²) in [5, 5.41) is 0. The molecule has 1 heterocycles. The minimum absolute atomic E-state index is 0.361. The Kier molecular flexibility index (Phi) is 2.21. The summed E-state index contributed by atoms with van der Waals surface area (Å²) >= 11 is 1.70. The summed E-state index contributed by atoms with van der Waals surface area (Å²) in [5.41, 5.74) is 10.1. The van der Waals surface area contributed by atoms with Gasteiger partial charge in [0.25, 0.3) is 0 Å². The summed E-state index contributed by atoms with van der Waals surface area (Å²) in [4.78, 5) is 10.8. The lowest BCUT2D eigenvalue weighted by molar-refractivity contribution is -0.122. The van der Waals surface area contributed by atoms with Crippen LogP contribution in [-0.4, -0.2) is 23.0 Å². The fraction of sp³-hybridized carbons (Fsp3) is 0.833. The summed E-state index contributed by atoms with van der Waals surface area (Å²) in [6.45, 7) is 0. The van der Waals surface area contributed by atoms with E-state index in [1.807, 2.05) is 0 Å². The molecule has 4 N–H and O–H groups in total.